The van der Waals surface area contributed by atoms with Crippen LogP contribution >= 0.6 is 15.9 Å². The summed E-state index contributed by atoms with van der Waals surface area (Å²) in [6.45, 7) is 2.56. The Kier molecular flexibility index (Phi) is 4.48. The molecule has 0 radical (unpaired) electrons. The van der Waals surface area contributed by atoms with Gasteiger partial charge in [-0.05, 0) is 28.1 Å². The first-order chi connectivity index (χ1) is 11.1. The van der Waals surface area contributed by atoms with E-state index in [2.05, 4.69) is 27.8 Å². The van der Waals surface area contributed by atoms with Crippen LogP contribution in [0.3, 0.4) is 0 Å². The first-order valence-electron chi connectivity index (χ1n) is 7.45. The van der Waals surface area contributed by atoms with Gasteiger partial charge in [-0.25, -0.2) is 0 Å². The van der Waals surface area contributed by atoms with Gasteiger partial charge in [-0.1, -0.05) is 25.1 Å². The fourth-order valence-electron chi connectivity index (χ4n) is 2.67. The minimum Gasteiger partial charge on any atom is -0.461 e. The van der Waals surface area contributed by atoms with E-state index in [-0.39, 0.29) is 5.91 Å². The van der Waals surface area contributed by atoms with Crippen molar-refractivity contribution >= 4 is 32.8 Å². The van der Waals surface area contributed by atoms with Crippen LogP contribution in [0.5, 0.6) is 0 Å². The number of nitrogens with zero attached hydrogens (tertiary/aromatic N) is 2. The Morgan fingerprint density at radius 2 is 2.09 bits per heavy atom. The van der Waals surface area contributed by atoms with Crippen molar-refractivity contribution in [1.82, 2.24) is 9.88 Å². The summed E-state index contributed by atoms with van der Waals surface area (Å²) in [6, 6.07) is 9.71. The third kappa shape index (κ3) is 3.15. The molecule has 2 heterocycles. The summed E-state index contributed by atoms with van der Waals surface area (Å²) in [7, 11) is 1.80. The summed E-state index contributed by atoms with van der Waals surface area (Å²) < 4.78 is 6.69. The highest BCUT2D eigenvalue weighted by Gasteiger charge is 2.18. The maximum absolute atomic E-state index is 12.6. The number of hydrogen-bond donors (Lipinski definition) is 0. The smallest absolute Gasteiger partial charge is 0.255 e. The minimum atomic E-state index is -0.0638. The second-order valence-electron chi connectivity index (χ2n) is 5.41. The molecule has 0 aliphatic carbocycles. The Hall–Kier alpha value is -2.14. The zero-order valence-corrected chi connectivity index (χ0v) is 14.6. The largest absolute Gasteiger partial charge is 0.461 e. The van der Waals surface area contributed by atoms with Gasteiger partial charge in [-0.15, -0.1) is 0 Å². The molecule has 0 saturated carbocycles. The quantitative estimate of drug-likeness (QED) is 0.680. The molecule has 3 rings (SSSR count). The second kappa shape index (κ2) is 6.54. The van der Waals surface area contributed by atoms with E-state index in [1.165, 1.54) is 0 Å². The van der Waals surface area contributed by atoms with Gasteiger partial charge in [0.1, 0.15) is 11.3 Å². The first-order valence-corrected chi connectivity index (χ1v) is 8.24. The summed E-state index contributed by atoms with van der Waals surface area (Å²) in [4.78, 5) is 18.3. The predicted octanol–water partition coefficient (Wildman–Crippen LogP) is 4.42. The van der Waals surface area contributed by atoms with Gasteiger partial charge < -0.3 is 9.32 Å². The molecule has 118 valence electrons. The van der Waals surface area contributed by atoms with Crippen LogP contribution in [0.2, 0.25) is 0 Å². The highest BCUT2D eigenvalue weighted by atomic mass is 79.9. The lowest BCUT2D eigenvalue weighted by Gasteiger charge is -2.17. The number of pyridine rings is 1. The number of furan rings is 1. The average Bonchev–Trinajstić information content (AvgIpc) is 2.92. The average molecular weight is 373 g/mol. The molecular formula is C18H17BrN2O2. The lowest BCUT2D eigenvalue weighted by molar-refractivity contribution is 0.0784. The number of aryl methyl sites for hydroxylation is 1. The summed E-state index contributed by atoms with van der Waals surface area (Å²) >= 11 is 3.35. The van der Waals surface area contributed by atoms with E-state index in [1.807, 2.05) is 24.3 Å². The summed E-state index contributed by atoms with van der Waals surface area (Å²) in [5, 5.41) is 1.07. The Morgan fingerprint density at radius 3 is 2.83 bits per heavy atom. The maximum Gasteiger partial charge on any atom is 0.255 e. The molecule has 23 heavy (non-hydrogen) atoms. The molecule has 0 atom stereocenters. The van der Waals surface area contributed by atoms with Crippen molar-refractivity contribution in [2.75, 3.05) is 7.05 Å². The SMILES string of the molecule is CCc1oc2ccccc2c1CN(C)C(=O)c1cncc(Br)c1. The molecule has 1 aromatic carbocycles. The normalized spacial score (nSPS) is 10.9. The second-order valence-corrected chi connectivity index (χ2v) is 6.32. The van der Waals surface area contributed by atoms with E-state index in [0.717, 1.165) is 33.2 Å². The predicted molar refractivity (Wildman–Crippen MR) is 93.3 cm³/mol. The third-order valence-corrected chi connectivity index (χ3v) is 4.23. The van der Waals surface area contributed by atoms with Gasteiger partial charge >= 0.3 is 0 Å². The minimum absolute atomic E-state index is 0.0638. The molecule has 5 heteroatoms. The Morgan fingerprint density at radius 1 is 1.30 bits per heavy atom. The van der Waals surface area contributed by atoms with Crippen LogP contribution in [-0.2, 0) is 13.0 Å². The molecule has 0 spiro atoms. The topological polar surface area (TPSA) is 46.3 Å². The molecule has 0 aliphatic heterocycles. The van der Waals surface area contributed by atoms with Crippen LogP contribution < -0.4 is 0 Å². The molecule has 0 bridgehead atoms. The van der Waals surface area contributed by atoms with Gasteiger partial charge in [0.05, 0.1) is 5.56 Å². The van der Waals surface area contributed by atoms with Crippen molar-refractivity contribution in [2.45, 2.75) is 19.9 Å². The maximum atomic E-state index is 12.6. The van der Waals surface area contributed by atoms with Crippen molar-refractivity contribution in [1.29, 1.82) is 0 Å². The molecular weight excluding hydrogens is 356 g/mol. The van der Waals surface area contributed by atoms with Gasteiger partial charge in [0.15, 0.2) is 0 Å². The van der Waals surface area contributed by atoms with E-state index in [0.29, 0.717) is 12.1 Å². The number of fused-ring (bicyclic) bond motifs is 1. The van der Waals surface area contributed by atoms with Crippen molar-refractivity contribution in [3.05, 3.63) is 64.1 Å². The Labute approximate surface area is 143 Å². The molecule has 0 N–H and O–H groups in total. The van der Waals surface area contributed by atoms with E-state index in [1.54, 1.807) is 30.4 Å². The fraction of sp³-hybridized carbons (Fsp3) is 0.222. The van der Waals surface area contributed by atoms with Crippen molar-refractivity contribution < 1.29 is 9.21 Å². The molecule has 2 aromatic heterocycles. The van der Waals surface area contributed by atoms with Crippen LogP contribution in [0, 0.1) is 0 Å². The summed E-state index contributed by atoms with van der Waals surface area (Å²) in [5.74, 6) is 0.865. The Bertz CT molecular complexity index is 857. The van der Waals surface area contributed by atoms with E-state index >= 15 is 0 Å². The molecule has 0 aliphatic rings. The molecule has 4 nitrogen and oxygen atoms in total. The molecule has 3 aromatic rings. The standard InChI is InChI=1S/C18H17BrN2O2/c1-3-16-15(14-6-4-5-7-17(14)23-16)11-21(2)18(22)12-8-13(19)10-20-9-12/h4-10H,3,11H2,1-2H3. The highest BCUT2D eigenvalue weighted by Crippen LogP contribution is 2.27. The van der Waals surface area contributed by atoms with Gasteiger partial charge in [-0.2, -0.15) is 0 Å². The number of halogens is 1. The molecule has 1 amide bonds. The van der Waals surface area contributed by atoms with Gasteiger partial charge in [0.25, 0.3) is 5.91 Å². The van der Waals surface area contributed by atoms with Gasteiger partial charge in [0, 0.05) is 47.8 Å². The number of carbonyl (C=O) groups excluding carboxylic acids is 1. The van der Waals surface area contributed by atoms with Crippen LogP contribution in [0.15, 0.2) is 51.6 Å². The van der Waals surface area contributed by atoms with Gasteiger partial charge in [0.2, 0.25) is 0 Å². The highest BCUT2D eigenvalue weighted by molar-refractivity contribution is 9.10. The zero-order valence-electron chi connectivity index (χ0n) is 13.0. The third-order valence-electron chi connectivity index (χ3n) is 3.80. The molecule has 0 fully saturated rings. The van der Waals surface area contributed by atoms with Crippen molar-refractivity contribution in [2.24, 2.45) is 0 Å². The summed E-state index contributed by atoms with van der Waals surface area (Å²) in [5.41, 5.74) is 2.50. The van der Waals surface area contributed by atoms with Crippen molar-refractivity contribution in [3.63, 3.8) is 0 Å². The first kappa shape index (κ1) is 15.7. The van der Waals surface area contributed by atoms with E-state index in [4.69, 9.17) is 4.42 Å². The van der Waals surface area contributed by atoms with Crippen LogP contribution in [0.25, 0.3) is 11.0 Å². The molecule has 0 unspecified atom stereocenters. The van der Waals surface area contributed by atoms with Gasteiger partial charge in [-0.3, -0.25) is 9.78 Å². The number of amides is 1. The van der Waals surface area contributed by atoms with Crippen molar-refractivity contribution in [3.8, 4) is 0 Å². The van der Waals surface area contributed by atoms with E-state index in [9.17, 15) is 4.79 Å². The summed E-state index contributed by atoms with van der Waals surface area (Å²) in [6.07, 6.45) is 4.04. The number of para-hydroxylation sites is 1. The number of rotatable bonds is 4. The van der Waals surface area contributed by atoms with E-state index < -0.39 is 0 Å². The number of hydrogen-bond acceptors (Lipinski definition) is 3. The van der Waals surface area contributed by atoms with Crippen LogP contribution in [0.1, 0.15) is 28.6 Å². The number of aromatic nitrogens is 1. The Balaban J connectivity index is 1.91. The monoisotopic (exact) mass is 372 g/mol. The lowest BCUT2D eigenvalue weighted by atomic mass is 10.1. The number of benzene rings is 1. The molecule has 0 saturated heterocycles. The van der Waals surface area contributed by atoms with Crippen LogP contribution in [-0.4, -0.2) is 22.8 Å². The zero-order chi connectivity index (χ0) is 16.4. The van der Waals surface area contributed by atoms with Crippen LogP contribution in [0.4, 0.5) is 0 Å². The fourth-order valence-corrected chi connectivity index (χ4v) is 3.03. The number of carbonyl (C=O) groups is 1. The lowest BCUT2D eigenvalue weighted by Crippen LogP contribution is -2.26.